The summed E-state index contributed by atoms with van der Waals surface area (Å²) in [4.78, 5) is 38.9. The van der Waals surface area contributed by atoms with Crippen molar-refractivity contribution in [2.24, 2.45) is 5.92 Å². The minimum Gasteiger partial charge on any atom is -0.492 e. The van der Waals surface area contributed by atoms with Crippen LogP contribution in [0.2, 0.25) is 0 Å². The molecule has 44 heavy (non-hydrogen) atoms. The van der Waals surface area contributed by atoms with Crippen LogP contribution in [0, 0.1) is 5.92 Å². The minimum absolute atomic E-state index is 0.0215. The van der Waals surface area contributed by atoms with Gasteiger partial charge in [0.25, 0.3) is 0 Å². The molecule has 7 nitrogen and oxygen atoms in total. The highest BCUT2D eigenvalue weighted by Crippen LogP contribution is 2.24. The first kappa shape index (κ1) is 32.0. The van der Waals surface area contributed by atoms with Crippen LogP contribution in [0.5, 0.6) is 5.75 Å². The normalized spacial score (nSPS) is 11.5. The molecule has 0 amide bonds. The molecule has 0 fully saturated rings. The average Bonchev–Trinajstić information content (AvgIpc) is 3.07. The SMILES string of the molecule is CCC(CC)C(=O)c1ccccc1NCCOc1ccc(CC(Nc2ccccc2C(=O)c2ccccc2)C(=O)OC)cc1. The third-order valence-electron chi connectivity index (χ3n) is 7.62. The Morgan fingerprint density at radius 2 is 1.34 bits per heavy atom. The van der Waals surface area contributed by atoms with Gasteiger partial charge in [0.2, 0.25) is 0 Å². The number of esters is 1. The van der Waals surface area contributed by atoms with E-state index in [2.05, 4.69) is 10.6 Å². The van der Waals surface area contributed by atoms with Crippen molar-refractivity contribution in [3.8, 4) is 5.75 Å². The second-order valence-corrected chi connectivity index (χ2v) is 10.5. The third kappa shape index (κ3) is 8.34. The van der Waals surface area contributed by atoms with Crippen LogP contribution in [0.4, 0.5) is 11.4 Å². The van der Waals surface area contributed by atoms with Crippen LogP contribution < -0.4 is 15.4 Å². The number of anilines is 2. The second-order valence-electron chi connectivity index (χ2n) is 10.5. The van der Waals surface area contributed by atoms with Gasteiger partial charge in [0.05, 0.1) is 7.11 Å². The molecule has 2 N–H and O–H groups in total. The molecule has 4 aromatic carbocycles. The maximum Gasteiger partial charge on any atom is 0.328 e. The van der Waals surface area contributed by atoms with Gasteiger partial charge >= 0.3 is 5.97 Å². The minimum atomic E-state index is -0.705. The summed E-state index contributed by atoms with van der Waals surface area (Å²) in [5.41, 5.74) is 4.04. The lowest BCUT2D eigenvalue weighted by Crippen LogP contribution is -2.33. The number of ketones is 2. The summed E-state index contributed by atoms with van der Waals surface area (Å²) >= 11 is 0. The highest BCUT2D eigenvalue weighted by molar-refractivity contribution is 6.12. The van der Waals surface area contributed by atoms with E-state index in [0.717, 1.165) is 24.1 Å². The lowest BCUT2D eigenvalue weighted by molar-refractivity contribution is -0.141. The van der Waals surface area contributed by atoms with Crippen LogP contribution in [-0.2, 0) is 16.0 Å². The molecule has 4 aromatic rings. The molecule has 0 saturated heterocycles. The smallest absolute Gasteiger partial charge is 0.328 e. The van der Waals surface area contributed by atoms with Crippen LogP contribution in [0.3, 0.4) is 0 Å². The topological polar surface area (TPSA) is 93.7 Å². The molecular formula is C37H40N2O5. The number of hydrogen-bond acceptors (Lipinski definition) is 7. The Bertz CT molecular complexity index is 1530. The lowest BCUT2D eigenvalue weighted by Gasteiger charge is -2.20. The lowest BCUT2D eigenvalue weighted by atomic mass is 9.92. The van der Waals surface area contributed by atoms with Crippen LogP contribution in [0.1, 0.15) is 58.5 Å². The van der Waals surface area contributed by atoms with Crippen molar-refractivity contribution in [1.82, 2.24) is 0 Å². The highest BCUT2D eigenvalue weighted by Gasteiger charge is 2.23. The molecule has 1 unspecified atom stereocenters. The summed E-state index contributed by atoms with van der Waals surface area (Å²) in [6.45, 7) is 5.03. The van der Waals surface area contributed by atoms with Gasteiger partial charge in [-0.25, -0.2) is 4.79 Å². The van der Waals surface area contributed by atoms with Crippen molar-refractivity contribution >= 4 is 28.9 Å². The molecule has 1 atom stereocenters. The number of carbonyl (C=O) groups is 3. The summed E-state index contributed by atoms with van der Waals surface area (Å²) in [7, 11) is 1.35. The van der Waals surface area contributed by atoms with Gasteiger partial charge in [-0.05, 0) is 54.8 Å². The Balaban J connectivity index is 1.36. The van der Waals surface area contributed by atoms with Crippen molar-refractivity contribution < 1.29 is 23.9 Å². The predicted octanol–water partition coefficient (Wildman–Crippen LogP) is 7.22. The summed E-state index contributed by atoms with van der Waals surface area (Å²) in [5, 5.41) is 6.58. The number of Topliss-reactive ketones (excluding diaryl/α,β-unsaturated/α-hetero) is 1. The van der Waals surface area contributed by atoms with Crippen LogP contribution in [0.25, 0.3) is 0 Å². The summed E-state index contributed by atoms with van der Waals surface area (Å²) < 4.78 is 11.0. The molecule has 7 heteroatoms. The summed E-state index contributed by atoms with van der Waals surface area (Å²) in [6.07, 6.45) is 1.99. The van der Waals surface area contributed by atoms with E-state index >= 15 is 0 Å². The van der Waals surface area contributed by atoms with Crippen molar-refractivity contribution in [2.45, 2.75) is 39.2 Å². The van der Waals surface area contributed by atoms with E-state index in [1.54, 1.807) is 30.3 Å². The van der Waals surface area contributed by atoms with Gasteiger partial charge in [0.1, 0.15) is 18.4 Å². The quantitative estimate of drug-likeness (QED) is 0.0806. The largest absolute Gasteiger partial charge is 0.492 e. The van der Waals surface area contributed by atoms with E-state index in [-0.39, 0.29) is 17.5 Å². The second kappa shape index (κ2) is 16.1. The van der Waals surface area contributed by atoms with Crippen molar-refractivity contribution in [3.63, 3.8) is 0 Å². The molecule has 0 saturated carbocycles. The van der Waals surface area contributed by atoms with Gasteiger partial charge in [-0.1, -0.05) is 80.6 Å². The number of rotatable bonds is 16. The van der Waals surface area contributed by atoms with E-state index in [4.69, 9.17) is 9.47 Å². The third-order valence-corrected chi connectivity index (χ3v) is 7.62. The van der Waals surface area contributed by atoms with Gasteiger partial charge in [0, 0.05) is 46.9 Å². The molecular weight excluding hydrogens is 552 g/mol. The molecule has 0 aliphatic carbocycles. The number of ether oxygens (including phenoxy) is 2. The van der Waals surface area contributed by atoms with Crippen molar-refractivity contribution in [2.75, 3.05) is 30.9 Å². The standard InChI is InChI=1S/C37H40N2O5/c1-4-27(5-2)35(40)30-15-9-11-17-32(30)38-23-24-44-29-21-19-26(20-22-29)25-34(37(42)43-3)39-33-18-12-10-16-31(33)36(41)28-13-7-6-8-14-28/h6-22,27,34,38-39H,4-5,23-25H2,1-3H3. The Morgan fingerprint density at radius 1 is 0.727 bits per heavy atom. The zero-order chi connectivity index (χ0) is 31.3. The molecule has 0 bridgehead atoms. The van der Waals surface area contributed by atoms with E-state index in [9.17, 15) is 14.4 Å². The van der Waals surface area contributed by atoms with Gasteiger partial charge in [0.15, 0.2) is 11.6 Å². The van der Waals surface area contributed by atoms with Crippen molar-refractivity contribution in [3.05, 3.63) is 125 Å². The molecule has 0 aliphatic rings. The number of nitrogens with one attached hydrogen (secondary N) is 2. The predicted molar refractivity (Wildman–Crippen MR) is 175 cm³/mol. The average molecular weight is 593 g/mol. The van der Waals surface area contributed by atoms with Gasteiger partial charge in [-0.15, -0.1) is 0 Å². The number of benzene rings is 4. The van der Waals surface area contributed by atoms with Gasteiger partial charge in [-0.3, -0.25) is 9.59 Å². The number of para-hydroxylation sites is 2. The van der Waals surface area contributed by atoms with E-state index in [1.807, 2.05) is 86.6 Å². The molecule has 0 radical (unpaired) electrons. The summed E-state index contributed by atoms with van der Waals surface area (Å²) in [6, 6.07) is 30.6. The molecule has 0 aliphatic heterocycles. The first-order valence-electron chi connectivity index (χ1n) is 15.1. The zero-order valence-corrected chi connectivity index (χ0v) is 25.5. The first-order chi connectivity index (χ1) is 21.4. The van der Waals surface area contributed by atoms with Crippen molar-refractivity contribution in [1.29, 1.82) is 0 Å². The van der Waals surface area contributed by atoms with E-state index in [0.29, 0.717) is 47.7 Å². The van der Waals surface area contributed by atoms with Crippen LogP contribution in [-0.4, -0.2) is 43.8 Å². The van der Waals surface area contributed by atoms with Crippen LogP contribution >= 0.6 is 0 Å². The maximum absolute atomic E-state index is 13.2. The molecule has 228 valence electrons. The van der Waals surface area contributed by atoms with E-state index < -0.39 is 12.0 Å². The maximum atomic E-state index is 13.2. The molecule has 4 rings (SSSR count). The fraction of sp³-hybridized carbons (Fsp3) is 0.270. The number of methoxy groups -OCH3 is 1. The van der Waals surface area contributed by atoms with Crippen LogP contribution in [0.15, 0.2) is 103 Å². The molecule has 0 spiro atoms. The Hall–Kier alpha value is -4.91. The monoisotopic (exact) mass is 592 g/mol. The fourth-order valence-corrected chi connectivity index (χ4v) is 5.12. The fourth-order valence-electron chi connectivity index (χ4n) is 5.12. The highest BCUT2D eigenvalue weighted by atomic mass is 16.5. The Morgan fingerprint density at radius 3 is 2.00 bits per heavy atom. The molecule has 0 heterocycles. The number of carbonyl (C=O) groups excluding carboxylic acids is 3. The molecule has 0 aromatic heterocycles. The first-order valence-corrected chi connectivity index (χ1v) is 15.1. The Kier molecular flexibility index (Phi) is 11.7. The Labute approximate surface area is 259 Å². The number of hydrogen-bond donors (Lipinski definition) is 2. The summed E-state index contributed by atoms with van der Waals surface area (Å²) in [5.74, 6) is 0.322. The zero-order valence-electron chi connectivity index (χ0n) is 25.5. The van der Waals surface area contributed by atoms with Gasteiger partial charge < -0.3 is 20.1 Å². The van der Waals surface area contributed by atoms with E-state index in [1.165, 1.54) is 7.11 Å². The van der Waals surface area contributed by atoms with Gasteiger partial charge in [-0.2, -0.15) is 0 Å².